The van der Waals surface area contributed by atoms with Crippen molar-refractivity contribution in [3.05, 3.63) is 29.8 Å². The topological polar surface area (TPSA) is 122 Å². The molecule has 124 valence electrons. The molecule has 0 aromatic heterocycles. The molecule has 1 aromatic rings. The predicted octanol–water partition coefficient (Wildman–Crippen LogP) is 0.781. The van der Waals surface area contributed by atoms with Crippen molar-refractivity contribution < 1.29 is 29.0 Å². The van der Waals surface area contributed by atoms with E-state index < -0.39 is 23.9 Å². The number of carbonyl (C=O) groups is 4. The molecule has 0 saturated carbocycles. The largest absolute Gasteiger partial charge is 0.480 e. The van der Waals surface area contributed by atoms with E-state index in [1.54, 1.807) is 12.1 Å². The van der Waals surface area contributed by atoms with Crippen LogP contribution >= 0.6 is 0 Å². The molecule has 0 aliphatic carbocycles. The van der Waals surface area contributed by atoms with Crippen molar-refractivity contribution in [3.63, 3.8) is 0 Å². The molecule has 1 atom stereocenters. The lowest BCUT2D eigenvalue weighted by atomic mass is 10.1. The molecule has 1 aromatic carbocycles. The number of hydrogen-bond acceptors (Lipinski definition) is 5. The second-order valence-electron chi connectivity index (χ2n) is 4.71. The number of para-hydroxylation sites is 1. The van der Waals surface area contributed by atoms with Crippen molar-refractivity contribution in [1.82, 2.24) is 5.32 Å². The Morgan fingerprint density at radius 2 is 1.87 bits per heavy atom. The number of anilines is 1. The van der Waals surface area contributed by atoms with Crippen molar-refractivity contribution in [2.45, 2.75) is 25.8 Å². The second-order valence-corrected chi connectivity index (χ2v) is 4.71. The molecule has 0 aliphatic rings. The van der Waals surface area contributed by atoms with Crippen LogP contribution in [0.2, 0.25) is 0 Å². The van der Waals surface area contributed by atoms with Crippen LogP contribution in [0, 0.1) is 0 Å². The number of rotatable bonds is 7. The second kappa shape index (κ2) is 8.52. The number of amides is 2. The maximum Gasteiger partial charge on any atom is 0.326 e. The lowest BCUT2D eigenvalue weighted by molar-refractivity contribution is -0.142. The van der Waals surface area contributed by atoms with Gasteiger partial charge in [0.25, 0.3) is 5.91 Å². The van der Waals surface area contributed by atoms with E-state index in [9.17, 15) is 19.2 Å². The molecule has 8 nitrogen and oxygen atoms in total. The minimum Gasteiger partial charge on any atom is -0.480 e. The van der Waals surface area contributed by atoms with Crippen LogP contribution < -0.4 is 10.6 Å². The molecule has 3 N–H and O–H groups in total. The summed E-state index contributed by atoms with van der Waals surface area (Å²) < 4.78 is 4.44. The number of ether oxygens (including phenoxy) is 1. The van der Waals surface area contributed by atoms with E-state index in [0.29, 0.717) is 0 Å². The number of esters is 1. The average molecular weight is 322 g/mol. The summed E-state index contributed by atoms with van der Waals surface area (Å²) in [4.78, 5) is 45.7. The lowest BCUT2D eigenvalue weighted by Crippen LogP contribution is -2.41. The summed E-state index contributed by atoms with van der Waals surface area (Å²) >= 11 is 0. The van der Waals surface area contributed by atoms with Crippen molar-refractivity contribution in [3.8, 4) is 0 Å². The van der Waals surface area contributed by atoms with Gasteiger partial charge in [0.1, 0.15) is 6.04 Å². The van der Waals surface area contributed by atoms with E-state index in [1.165, 1.54) is 26.2 Å². The minimum absolute atomic E-state index is 0.101. The summed E-state index contributed by atoms with van der Waals surface area (Å²) in [6.45, 7) is 1.30. The highest BCUT2D eigenvalue weighted by Gasteiger charge is 2.23. The van der Waals surface area contributed by atoms with Gasteiger partial charge in [-0.25, -0.2) is 4.79 Å². The number of carboxylic acids is 1. The zero-order valence-corrected chi connectivity index (χ0v) is 12.8. The monoisotopic (exact) mass is 322 g/mol. The van der Waals surface area contributed by atoms with E-state index in [-0.39, 0.29) is 30.0 Å². The maximum atomic E-state index is 12.2. The third-order valence-electron chi connectivity index (χ3n) is 2.95. The molecular formula is C15H18N2O6. The number of aliphatic carboxylic acids is 1. The Labute approximate surface area is 132 Å². The third-order valence-corrected chi connectivity index (χ3v) is 2.95. The summed E-state index contributed by atoms with van der Waals surface area (Å²) in [5.41, 5.74) is 0.404. The van der Waals surface area contributed by atoms with Crippen molar-refractivity contribution in [1.29, 1.82) is 0 Å². The van der Waals surface area contributed by atoms with Gasteiger partial charge in [-0.3, -0.25) is 14.4 Å². The number of carboxylic acid groups (broad SMARTS) is 1. The normalized spacial score (nSPS) is 11.2. The summed E-state index contributed by atoms with van der Waals surface area (Å²) in [5.74, 6) is -2.85. The van der Waals surface area contributed by atoms with Crippen LogP contribution in [0.1, 0.15) is 30.1 Å². The van der Waals surface area contributed by atoms with Gasteiger partial charge >= 0.3 is 11.9 Å². The molecule has 2 amide bonds. The van der Waals surface area contributed by atoms with E-state index in [0.717, 1.165) is 0 Å². The molecule has 1 rings (SSSR count). The van der Waals surface area contributed by atoms with E-state index >= 15 is 0 Å². The van der Waals surface area contributed by atoms with Gasteiger partial charge in [-0.05, 0) is 18.6 Å². The first-order chi connectivity index (χ1) is 10.8. The quantitative estimate of drug-likeness (QED) is 0.638. The van der Waals surface area contributed by atoms with Crippen molar-refractivity contribution >= 4 is 29.4 Å². The molecule has 0 aliphatic heterocycles. The molecule has 23 heavy (non-hydrogen) atoms. The number of nitrogens with one attached hydrogen (secondary N) is 2. The Bertz CT molecular complexity index is 614. The number of hydrogen-bond donors (Lipinski definition) is 3. The highest BCUT2D eigenvalue weighted by Crippen LogP contribution is 2.15. The van der Waals surface area contributed by atoms with Crippen LogP contribution in [0.15, 0.2) is 24.3 Å². The van der Waals surface area contributed by atoms with Crippen LogP contribution in [0.25, 0.3) is 0 Å². The van der Waals surface area contributed by atoms with Crippen molar-refractivity contribution in [2.75, 3.05) is 12.4 Å². The van der Waals surface area contributed by atoms with E-state index in [1.807, 2.05) is 0 Å². The van der Waals surface area contributed by atoms with Gasteiger partial charge in [-0.15, -0.1) is 0 Å². The standard InChI is InChI=1S/C15H18N2O6/c1-9(18)16-11-6-4-3-5-10(11)14(20)17-12(15(21)22)7-8-13(19)23-2/h3-6,12H,7-8H2,1-2H3,(H,16,18)(H,17,20)(H,21,22)/t12-/m1/s1. The highest BCUT2D eigenvalue weighted by atomic mass is 16.5. The molecule has 0 fully saturated rings. The Balaban J connectivity index is 2.85. The Kier molecular flexibility index (Phi) is 6.72. The Hall–Kier alpha value is -2.90. The van der Waals surface area contributed by atoms with Crippen LogP contribution in [0.5, 0.6) is 0 Å². The SMILES string of the molecule is COC(=O)CC[C@@H](NC(=O)c1ccccc1NC(C)=O)C(=O)O. The highest BCUT2D eigenvalue weighted by molar-refractivity contribution is 6.04. The average Bonchev–Trinajstić information content (AvgIpc) is 2.50. The fourth-order valence-corrected chi connectivity index (χ4v) is 1.84. The number of methoxy groups -OCH3 is 1. The summed E-state index contributed by atoms with van der Waals surface area (Å²) in [6.07, 6.45) is -0.239. The van der Waals surface area contributed by atoms with Crippen LogP contribution in [0.3, 0.4) is 0 Å². The zero-order chi connectivity index (χ0) is 17.4. The first kappa shape index (κ1) is 18.1. The fourth-order valence-electron chi connectivity index (χ4n) is 1.84. The van der Waals surface area contributed by atoms with Gasteiger partial charge in [0.2, 0.25) is 5.91 Å². The summed E-state index contributed by atoms with van der Waals surface area (Å²) in [5, 5.41) is 14.0. The van der Waals surface area contributed by atoms with Gasteiger partial charge in [0.05, 0.1) is 18.4 Å². The lowest BCUT2D eigenvalue weighted by Gasteiger charge is -2.15. The summed E-state index contributed by atoms with van der Waals surface area (Å²) in [6, 6.07) is 4.96. The number of carbonyl (C=O) groups excluding carboxylic acids is 3. The predicted molar refractivity (Wildman–Crippen MR) is 80.9 cm³/mol. The molecule has 8 heteroatoms. The first-order valence-electron chi connectivity index (χ1n) is 6.82. The molecule has 0 heterocycles. The molecule has 0 spiro atoms. The molecule has 0 bridgehead atoms. The van der Waals surface area contributed by atoms with Crippen molar-refractivity contribution in [2.24, 2.45) is 0 Å². The van der Waals surface area contributed by atoms with Gasteiger partial charge < -0.3 is 20.5 Å². The van der Waals surface area contributed by atoms with Crippen LogP contribution in [-0.4, -0.2) is 42.0 Å². The van der Waals surface area contributed by atoms with Gasteiger partial charge in [-0.1, -0.05) is 12.1 Å². The summed E-state index contributed by atoms with van der Waals surface area (Å²) in [7, 11) is 1.19. The van der Waals surface area contributed by atoms with Gasteiger partial charge in [-0.2, -0.15) is 0 Å². The van der Waals surface area contributed by atoms with E-state index in [4.69, 9.17) is 5.11 Å². The zero-order valence-electron chi connectivity index (χ0n) is 12.8. The smallest absolute Gasteiger partial charge is 0.326 e. The van der Waals surface area contributed by atoms with Crippen LogP contribution in [0.4, 0.5) is 5.69 Å². The molecule has 0 unspecified atom stereocenters. The third kappa shape index (κ3) is 5.77. The minimum atomic E-state index is -1.26. The first-order valence-corrected chi connectivity index (χ1v) is 6.82. The van der Waals surface area contributed by atoms with E-state index in [2.05, 4.69) is 15.4 Å². The molecule has 0 radical (unpaired) electrons. The van der Waals surface area contributed by atoms with Crippen LogP contribution in [-0.2, 0) is 19.1 Å². The number of benzene rings is 1. The fraction of sp³-hybridized carbons (Fsp3) is 0.333. The molecular weight excluding hydrogens is 304 g/mol. The van der Waals surface area contributed by atoms with Gasteiger partial charge in [0.15, 0.2) is 0 Å². The molecule has 0 saturated heterocycles. The Morgan fingerprint density at radius 3 is 2.43 bits per heavy atom. The maximum absolute atomic E-state index is 12.2. The Morgan fingerprint density at radius 1 is 1.22 bits per heavy atom. The van der Waals surface area contributed by atoms with Gasteiger partial charge in [0, 0.05) is 13.3 Å².